The quantitative estimate of drug-likeness (QED) is 0.142. The van der Waals surface area contributed by atoms with Crippen molar-refractivity contribution in [2.45, 2.75) is 84.3 Å². The summed E-state index contributed by atoms with van der Waals surface area (Å²) in [6.07, 6.45) is 10.8. The average Bonchev–Trinajstić information content (AvgIpc) is 2.90. The van der Waals surface area contributed by atoms with Crippen molar-refractivity contribution < 1.29 is 33.5 Å². The van der Waals surface area contributed by atoms with Crippen molar-refractivity contribution in [1.82, 2.24) is 4.90 Å². The highest BCUT2D eigenvalue weighted by molar-refractivity contribution is 7.46. The number of carbonyl (C=O) groups excluding carboxylic acids is 1. The second-order valence-corrected chi connectivity index (χ2v) is 10.8. The molecule has 2 aromatic rings. The van der Waals surface area contributed by atoms with Gasteiger partial charge >= 0.3 is 7.82 Å². The molecule has 0 fully saturated rings. The third kappa shape index (κ3) is 14.1. The molecule has 2 aromatic carbocycles. The number of nitrogens with zero attached hydrogens (tertiary/aromatic N) is 1. The molecule has 3 N–H and O–H groups in total. The highest BCUT2D eigenvalue weighted by Gasteiger charge is 2.18. The van der Waals surface area contributed by atoms with Crippen LogP contribution in [0, 0.1) is 0 Å². The maximum atomic E-state index is 13.0. The van der Waals surface area contributed by atoms with Crippen LogP contribution in [-0.4, -0.2) is 45.5 Å². The van der Waals surface area contributed by atoms with Gasteiger partial charge in [0.2, 0.25) is 5.91 Å². The molecule has 2 rings (SSSR count). The van der Waals surface area contributed by atoms with Crippen LogP contribution in [0.5, 0.6) is 5.75 Å². The molecule has 212 valence electrons. The number of phosphoric acid groups is 1. The summed E-state index contributed by atoms with van der Waals surface area (Å²) < 4.78 is 21.6. The average molecular weight is 550 g/mol. The van der Waals surface area contributed by atoms with Gasteiger partial charge in [-0.3, -0.25) is 9.32 Å². The van der Waals surface area contributed by atoms with E-state index in [-0.39, 0.29) is 38.6 Å². The van der Waals surface area contributed by atoms with Crippen LogP contribution < -0.4 is 4.74 Å². The van der Waals surface area contributed by atoms with Crippen LogP contribution in [0.25, 0.3) is 0 Å². The Hall–Kier alpha value is -2.22. The lowest BCUT2D eigenvalue weighted by Crippen LogP contribution is -2.33. The van der Waals surface area contributed by atoms with E-state index in [9.17, 15) is 14.5 Å². The minimum absolute atomic E-state index is 0.0491. The molecule has 0 saturated heterocycles. The topological polar surface area (TPSA) is 117 Å². The Morgan fingerprint density at radius 1 is 0.868 bits per heavy atom. The smallest absolute Gasteiger partial charge is 0.469 e. The van der Waals surface area contributed by atoms with Crippen molar-refractivity contribution in [2.24, 2.45) is 0 Å². The second kappa shape index (κ2) is 18.1. The van der Waals surface area contributed by atoms with Crippen molar-refractivity contribution in [3.63, 3.8) is 0 Å². The van der Waals surface area contributed by atoms with Gasteiger partial charge in [-0.2, -0.15) is 0 Å². The van der Waals surface area contributed by atoms with Gasteiger partial charge in [-0.1, -0.05) is 88.3 Å². The van der Waals surface area contributed by atoms with Crippen LogP contribution in [-0.2, 0) is 33.5 Å². The summed E-state index contributed by atoms with van der Waals surface area (Å²) in [5.41, 5.74) is 2.61. The predicted molar refractivity (Wildman–Crippen MR) is 149 cm³/mol. The minimum atomic E-state index is -4.62. The van der Waals surface area contributed by atoms with Gasteiger partial charge in [0.15, 0.2) is 0 Å². The van der Waals surface area contributed by atoms with Gasteiger partial charge in [0.25, 0.3) is 0 Å². The molecule has 9 heteroatoms. The highest BCUT2D eigenvalue weighted by atomic mass is 31.2. The molecule has 0 unspecified atom stereocenters. The third-order valence-corrected chi connectivity index (χ3v) is 6.86. The summed E-state index contributed by atoms with van der Waals surface area (Å²) in [4.78, 5) is 32.6. The Morgan fingerprint density at radius 3 is 2.18 bits per heavy atom. The SMILES string of the molecule is CCCCCCCCCCOc1cccc(CCC(=O)N(CCOP(=O)(O)O)Cc2ccc(CO)cc2)c1. The van der Waals surface area contributed by atoms with Gasteiger partial charge in [-0.25, -0.2) is 4.57 Å². The molecule has 0 heterocycles. The number of aliphatic hydroxyl groups is 1. The first-order chi connectivity index (χ1) is 18.3. The second-order valence-electron chi connectivity index (χ2n) is 9.58. The maximum absolute atomic E-state index is 13.0. The number of carbonyl (C=O) groups is 1. The van der Waals surface area contributed by atoms with Gasteiger partial charge in [0.1, 0.15) is 5.75 Å². The number of rotatable bonds is 20. The van der Waals surface area contributed by atoms with Gasteiger partial charge in [0, 0.05) is 19.5 Å². The van der Waals surface area contributed by atoms with Gasteiger partial charge in [-0.15, -0.1) is 0 Å². The summed E-state index contributed by atoms with van der Waals surface area (Å²) in [5, 5.41) is 9.24. The van der Waals surface area contributed by atoms with E-state index in [4.69, 9.17) is 14.5 Å². The van der Waals surface area contributed by atoms with E-state index in [1.54, 1.807) is 12.1 Å². The summed E-state index contributed by atoms with van der Waals surface area (Å²) in [6.45, 7) is 2.90. The Bertz CT molecular complexity index is 977. The molecule has 38 heavy (non-hydrogen) atoms. The van der Waals surface area contributed by atoms with Crippen LogP contribution in [0.15, 0.2) is 48.5 Å². The number of amides is 1. The Kier molecular flexibility index (Phi) is 15.3. The first kappa shape index (κ1) is 32.0. The predicted octanol–water partition coefficient (Wildman–Crippen LogP) is 5.77. The number of aryl methyl sites for hydroxylation is 1. The first-order valence-electron chi connectivity index (χ1n) is 13.7. The van der Waals surface area contributed by atoms with Crippen molar-refractivity contribution in [3.8, 4) is 5.75 Å². The molecule has 0 aliphatic rings. The number of hydrogen-bond acceptors (Lipinski definition) is 5. The molecule has 0 radical (unpaired) electrons. The monoisotopic (exact) mass is 549 g/mol. The summed E-state index contributed by atoms with van der Waals surface area (Å²) >= 11 is 0. The van der Waals surface area contributed by atoms with Crippen LogP contribution in [0.1, 0.15) is 81.4 Å². The minimum Gasteiger partial charge on any atom is -0.494 e. The molecule has 8 nitrogen and oxygen atoms in total. The molecule has 0 bridgehead atoms. The zero-order chi connectivity index (χ0) is 27.6. The molecule has 0 atom stereocenters. The van der Waals surface area contributed by atoms with Crippen molar-refractivity contribution in [1.29, 1.82) is 0 Å². The standard InChI is InChI=1S/C29H44NO7P/c1-2-3-4-5-6-7-8-9-20-36-28-12-10-11-25(22-28)17-18-29(32)30(19-21-37-38(33,34)35)23-26-13-15-27(24-31)16-14-26/h10-16,22,31H,2-9,17-21,23-24H2,1H3,(H2,33,34,35). The molecule has 0 aliphatic heterocycles. The number of unbranched alkanes of at least 4 members (excludes halogenated alkanes) is 7. The largest absolute Gasteiger partial charge is 0.494 e. The number of phosphoric ester groups is 1. The van der Waals surface area contributed by atoms with Crippen LogP contribution in [0.3, 0.4) is 0 Å². The number of benzene rings is 2. The first-order valence-corrected chi connectivity index (χ1v) is 15.2. The van der Waals surface area contributed by atoms with E-state index < -0.39 is 7.82 Å². The summed E-state index contributed by atoms with van der Waals surface area (Å²) in [7, 11) is -4.62. The maximum Gasteiger partial charge on any atom is 0.469 e. The fraction of sp³-hybridized carbons (Fsp3) is 0.552. The number of hydrogen-bond donors (Lipinski definition) is 3. The zero-order valence-corrected chi connectivity index (χ0v) is 23.5. The Labute approximate surface area is 227 Å². The van der Waals surface area contributed by atoms with Crippen molar-refractivity contribution in [3.05, 3.63) is 65.2 Å². The lowest BCUT2D eigenvalue weighted by Gasteiger charge is -2.23. The van der Waals surface area contributed by atoms with E-state index in [1.807, 2.05) is 36.4 Å². The molecule has 0 aromatic heterocycles. The summed E-state index contributed by atoms with van der Waals surface area (Å²) in [5.74, 6) is 0.657. The molecular formula is C29H44NO7P. The zero-order valence-electron chi connectivity index (χ0n) is 22.6. The van der Waals surface area contributed by atoms with E-state index in [1.165, 1.54) is 49.8 Å². The molecule has 1 amide bonds. The van der Waals surface area contributed by atoms with Crippen molar-refractivity contribution >= 4 is 13.7 Å². The third-order valence-electron chi connectivity index (χ3n) is 6.34. The summed E-state index contributed by atoms with van der Waals surface area (Å²) in [6, 6.07) is 15.0. The van der Waals surface area contributed by atoms with Gasteiger partial charge in [-0.05, 0) is 41.7 Å². The molecule has 0 aliphatic carbocycles. The van der Waals surface area contributed by atoms with Crippen LogP contribution >= 0.6 is 7.82 Å². The fourth-order valence-corrected chi connectivity index (χ4v) is 4.48. The van der Waals surface area contributed by atoms with Crippen LogP contribution in [0.2, 0.25) is 0 Å². The fourth-order valence-electron chi connectivity index (χ4n) is 4.16. The number of aliphatic hydroxyl groups excluding tert-OH is 1. The molecule has 0 saturated carbocycles. The Morgan fingerprint density at radius 2 is 1.53 bits per heavy atom. The molecular weight excluding hydrogens is 505 g/mol. The lowest BCUT2D eigenvalue weighted by atomic mass is 10.1. The van der Waals surface area contributed by atoms with Crippen molar-refractivity contribution in [2.75, 3.05) is 19.8 Å². The highest BCUT2D eigenvalue weighted by Crippen LogP contribution is 2.35. The van der Waals surface area contributed by atoms with E-state index in [0.717, 1.165) is 28.9 Å². The molecule has 0 spiro atoms. The Balaban J connectivity index is 1.83. The number of ether oxygens (including phenoxy) is 1. The van der Waals surface area contributed by atoms with E-state index in [0.29, 0.717) is 13.0 Å². The lowest BCUT2D eigenvalue weighted by molar-refractivity contribution is -0.132. The van der Waals surface area contributed by atoms with Gasteiger partial charge < -0.3 is 24.5 Å². The van der Waals surface area contributed by atoms with E-state index in [2.05, 4.69) is 11.4 Å². The van der Waals surface area contributed by atoms with Gasteiger partial charge in [0.05, 0.1) is 19.8 Å². The van der Waals surface area contributed by atoms with Crippen LogP contribution in [0.4, 0.5) is 0 Å². The normalized spacial score (nSPS) is 11.5. The van der Waals surface area contributed by atoms with E-state index >= 15 is 0 Å².